The van der Waals surface area contributed by atoms with E-state index in [0.717, 1.165) is 6.42 Å². The van der Waals surface area contributed by atoms with Crippen molar-refractivity contribution in [2.45, 2.75) is 18.2 Å². The van der Waals surface area contributed by atoms with E-state index in [1.54, 1.807) is 12.1 Å². The first-order chi connectivity index (χ1) is 5.25. The quantitative estimate of drug-likeness (QED) is 0.575. The predicted octanol–water partition coefficient (Wildman–Crippen LogP) is 2.64. The molecular formula is C8H9BrO2. The van der Waals surface area contributed by atoms with Gasteiger partial charge in [-0.15, -0.1) is 0 Å². The lowest BCUT2D eigenvalue weighted by molar-refractivity contribution is 0.0963. The molecule has 1 heterocycles. The fourth-order valence-corrected chi connectivity index (χ4v) is 0.984. The van der Waals surface area contributed by atoms with Crippen LogP contribution in [0.5, 0.6) is 0 Å². The van der Waals surface area contributed by atoms with Gasteiger partial charge >= 0.3 is 0 Å². The Kier molecular flexibility index (Phi) is 2.88. The molecule has 0 spiro atoms. The lowest BCUT2D eigenvalue weighted by atomic mass is 10.2. The van der Waals surface area contributed by atoms with E-state index in [9.17, 15) is 4.79 Å². The number of ketones is 1. The molecule has 1 aromatic heterocycles. The molecule has 0 aliphatic heterocycles. The Hall–Kier alpha value is -0.570. The number of Topliss-reactive ketones (excluding diaryl/α,β-unsaturated/α-hetero) is 1. The van der Waals surface area contributed by atoms with Crippen molar-refractivity contribution in [3.05, 3.63) is 24.2 Å². The third-order valence-corrected chi connectivity index (χ3v) is 2.47. The maximum Gasteiger partial charge on any atom is 0.211 e. The molecule has 0 N–H and O–H groups in total. The molecule has 0 fully saturated rings. The van der Waals surface area contributed by atoms with E-state index in [0.29, 0.717) is 5.76 Å². The number of hydrogen-bond acceptors (Lipinski definition) is 2. The lowest BCUT2D eigenvalue weighted by Crippen LogP contribution is -2.11. The van der Waals surface area contributed by atoms with E-state index in [1.807, 2.05) is 6.92 Å². The van der Waals surface area contributed by atoms with Crippen LogP contribution in [-0.4, -0.2) is 10.6 Å². The third kappa shape index (κ3) is 1.93. The summed E-state index contributed by atoms with van der Waals surface area (Å²) < 4.78 is 4.94. The number of carbonyl (C=O) groups is 1. The van der Waals surface area contributed by atoms with Crippen molar-refractivity contribution in [1.82, 2.24) is 0 Å². The summed E-state index contributed by atoms with van der Waals surface area (Å²) in [7, 11) is 0. The monoisotopic (exact) mass is 216 g/mol. The van der Waals surface area contributed by atoms with Gasteiger partial charge in [-0.2, -0.15) is 0 Å². The smallest absolute Gasteiger partial charge is 0.211 e. The van der Waals surface area contributed by atoms with E-state index < -0.39 is 0 Å². The normalized spacial score (nSPS) is 12.9. The number of carbonyl (C=O) groups excluding carboxylic acids is 1. The number of hydrogen-bond donors (Lipinski definition) is 0. The number of furan rings is 1. The first-order valence-electron chi connectivity index (χ1n) is 3.47. The van der Waals surface area contributed by atoms with Gasteiger partial charge in [-0.25, -0.2) is 0 Å². The van der Waals surface area contributed by atoms with Gasteiger partial charge in [0.2, 0.25) is 5.78 Å². The molecule has 2 nitrogen and oxygen atoms in total. The van der Waals surface area contributed by atoms with E-state index in [2.05, 4.69) is 15.9 Å². The second-order valence-corrected chi connectivity index (χ2v) is 3.32. The molecular weight excluding hydrogens is 208 g/mol. The Labute approximate surface area is 73.7 Å². The van der Waals surface area contributed by atoms with Crippen molar-refractivity contribution in [2.75, 3.05) is 0 Å². The van der Waals surface area contributed by atoms with Crippen LogP contribution in [0.4, 0.5) is 0 Å². The minimum atomic E-state index is -0.117. The fourth-order valence-electron chi connectivity index (χ4n) is 0.759. The Balaban J connectivity index is 2.70. The second kappa shape index (κ2) is 3.72. The average Bonchev–Trinajstić information content (AvgIpc) is 2.53. The van der Waals surface area contributed by atoms with E-state index in [4.69, 9.17) is 4.42 Å². The van der Waals surface area contributed by atoms with Crippen molar-refractivity contribution in [2.24, 2.45) is 0 Å². The van der Waals surface area contributed by atoms with Gasteiger partial charge in [-0.3, -0.25) is 4.79 Å². The zero-order chi connectivity index (χ0) is 8.27. The SMILES string of the molecule is CC[C@@H](Br)C(=O)c1ccco1. The van der Waals surface area contributed by atoms with Gasteiger partial charge in [0.1, 0.15) is 0 Å². The van der Waals surface area contributed by atoms with Gasteiger partial charge in [0.05, 0.1) is 11.1 Å². The molecule has 0 amide bonds. The Morgan fingerprint density at radius 3 is 3.00 bits per heavy atom. The van der Waals surface area contributed by atoms with Crippen LogP contribution in [0, 0.1) is 0 Å². The maximum atomic E-state index is 11.3. The zero-order valence-corrected chi connectivity index (χ0v) is 7.80. The highest BCUT2D eigenvalue weighted by atomic mass is 79.9. The third-order valence-electron chi connectivity index (χ3n) is 1.41. The standard InChI is InChI=1S/C8H9BrO2/c1-2-6(9)8(10)7-4-3-5-11-7/h3-6H,2H2,1H3/t6-/m1/s1. The maximum absolute atomic E-state index is 11.3. The Bertz CT molecular complexity index is 228. The summed E-state index contributed by atoms with van der Waals surface area (Å²) in [5.41, 5.74) is 0. The van der Waals surface area contributed by atoms with Crippen molar-refractivity contribution in [3.63, 3.8) is 0 Å². The molecule has 0 radical (unpaired) electrons. The number of halogens is 1. The van der Waals surface area contributed by atoms with Gasteiger partial charge in [-0.05, 0) is 18.6 Å². The van der Waals surface area contributed by atoms with E-state index in [-0.39, 0.29) is 10.6 Å². The van der Waals surface area contributed by atoms with Crippen molar-refractivity contribution in [1.29, 1.82) is 0 Å². The second-order valence-electron chi connectivity index (χ2n) is 2.22. The molecule has 0 aromatic carbocycles. The van der Waals surface area contributed by atoms with Gasteiger partial charge in [0.25, 0.3) is 0 Å². The number of alkyl halides is 1. The molecule has 1 atom stereocenters. The van der Waals surface area contributed by atoms with Crippen LogP contribution in [0.25, 0.3) is 0 Å². The minimum Gasteiger partial charge on any atom is -0.461 e. The molecule has 1 aromatic rings. The van der Waals surface area contributed by atoms with Gasteiger partial charge in [0, 0.05) is 0 Å². The van der Waals surface area contributed by atoms with Gasteiger partial charge < -0.3 is 4.42 Å². The van der Waals surface area contributed by atoms with Crippen LogP contribution < -0.4 is 0 Å². The summed E-state index contributed by atoms with van der Waals surface area (Å²) in [6, 6.07) is 3.38. The highest BCUT2D eigenvalue weighted by Crippen LogP contribution is 2.13. The van der Waals surface area contributed by atoms with Crippen molar-refractivity contribution in [3.8, 4) is 0 Å². The lowest BCUT2D eigenvalue weighted by Gasteiger charge is -2.00. The largest absolute Gasteiger partial charge is 0.461 e. The molecule has 1 rings (SSSR count). The summed E-state index contributed by atoms with van der Waals surface area (Å²) in [6.45, 7) is 1.94. The zero-order valence-electron chi connectivity index (χ0n) is 6.21. The first-order valence-corrected chi connectivity index (χ1v) is 4.39. The molecule has 0 unspecified atom stereocenters. The van der Waals surface area contributed by atoms with Crippen LogP contribution >= 0.6 is 15.9 Å². The van der Waals surface area contributed by atoms with E-state index >= 15 is 0 Å². The first kappa shape index (κ1) is 8.53. The summed E-state index contributed by atoms with van der Waals surface area (Å²) in [5, 5.41) is 0. The van der Waals surface area contributed by atoms with Crippen LogP contribution in [0.3, 0.4) is 0 Å². The molecule has 3 heteroatoms. The molecule has 0 aliphatic carbocycles. The Morgan fingerprint density at radius 1 is 1.82 bits per heavy atom. The minimum absolute atomic E-state index is 0.0116. The average molecular weight is 217 g/mol. The van der Waals surface area contributed by atoms with E-state index in [1.165, 1.54) is 6.26 Å². The fraction of sp³-hybridized carbons (Fsp3) is 0.375. The molecule has 11 heavy (non-hydrogen) atoms. The van der Waals surface area contributed by atoms with Crippen LogP contribution in [0.15, 0.2) is 22.8 Å². The van der Waals surface area contributed by atoms with Crippen LogP contribution in [0.1, 0.15) is 23.9 Å². The molecule has 0 bridgehead atoms. The van der Waals surface area contributed by atoms with Crippen molar-refractivity contribution >= 4 is 21.7 Å². The van der Waals surface area contributed by atoms with Gasteiger partial charge in [0.15, 0.2) is 5.76 Å². The van der Waals surface area contributed by atoms with Crippen LogP contribution in [-0.2, 0) is 0 Å². The predicted molar refractivity (Wildman–Crippen MR) is 46.0 cm³/mol. The molecule has 0 saturated heterocycles. The topological polar surface area (TPSA) is 30.2 Å². The number of rotatable bonds is 3. The highest BCUT2D eigenvalue weighted by Gasteiger charge is 2.16. The van der Waals surface area contributed by atoms with Crippen molar-refractivity contribution < 1.29 is 9.21 Å². The summed E-state index contributed by atoms with van der Waals surface area (Å²) >= 11 is 3.25. The Morgan fingerprint density at radius 2 is 2.55 bits per heavy atom. The highest BCUT2D eigenvalue weighted by molar-refractivity contribution is 9.10. The summed E-state index contributed by atoms with van der Waals surface area (Å²) in [4.78, 5) is 11.2. The summed E-state index contributed by atoms with van der Waals surface area (Å²) in [5.74, 6) is 0.436. The summed E-state index contributed by atoms with van der Waals surface area (Å²) in [6.07, 6.45) is 2.28. The molecule has 0 aliphatic rings. The van der Waals surface area contributed by atoms with Crippen LogP contribution in [0.2, 0.25) is 0 Å². The molecule has 60 valence electrons. The van der Waals surface area contributed by atoms with Gasteiger partial charge in [-0.1, -0.05) is 22.9 Å². The molecule has 0 saturated carbocycles.